The number of benzene rings is 1. The highest BCUT2D eigenvalue weighted by molar-refractivity contribution is 7.89. The van der Waals surface area contributed by atoms with Crippen molar-refractivity contribution >= 4 is 16.0 Å². The summed E-state index contributed by atoms with van der Waals surface area (Å²) in [5, 5.41) is 0. The second kappa shape index (κ2) is 7.45. The van der Waals surface area contributed by atoms with Gasteiger partial charge in [0.2, 0.25) is 10.0 Å². The van der Waals surface area contributed by atoms with Crippen LogP contribution >= 0.6 is 0 Å². The van der Waals surface area contributed by atoms with Crippen molar-refractivity contribution in [3.8, 4) is 5.75 Å². The fourth-order valence-corrected chi connectivity index (χ4v) is 4.37. The number of esters is 1. The fourth-order valence-electron chi connectivity index (χ4n) is 2.78. The molecule has 1 aromatic rings. The van der Waals surface area contributed by atoms with Gasteiger partial charge in [-0.3, -0.25) is 4.79 Å². The molecule has 5 nitrogen and oxygen atoms in total. The zero-order chi connectivity index (χ0) is 17.0. The first kappa shape index (κ1) is 17.9. The molecule has 1 aliphatic heterocycles. The zero-order valence-corrected chi connectivity index (χ0v) is 14.9. The summed E-state index contributed by atoms with van der Waals surface area (Å²) >= 11 is 0. The van der Waals surface area contributed by atoms with Gasteiger partial charge in [0.15, 0.2) is 0 Å². The third kappa shape index (κ3) is 4.54. The smallest absolute Gasteiger partial charge is 0.315 e. The van der Waals surface area contributed by atoms with Crippen LogP contribution in [0.15, 0.2) is 18.2 Å². The Morgan fingerprint density at radius 2 is 2.09 bits per heavy atom. The highest BCUT2D eigenvalue weighted by Gasteiger charge is 2.33. The van der Waals surface area contributed by atoms with Crippen molar-refractivity contribution in [1.82, 2.24) is 4.31 Å². The second-order valence-corrected chi connectivity index (χ2v) is 8.29. The lowest BCUT2D eigenvalue weighted by molar-refractivity contribution is -0.140. The van der Waals surface area contributed by atoms with Gasteiger partial charge in [0.05, 0.1) is 11.7 Å². The highest BCUT2D eigenvalue weighted by Crippen LogP contribution is 2.24. The van der Waals surface area contributed by atoms with Gasteiger partial charge >= 0.3 is 5.97 Å². The van der Waals surface area contributed by atoms with Crippen molar-refractivity contribution in [3.63, 3.8) is 0 Å². The number of carbonyl (C=O) groups excluding carboxylic acids is 1. The van der Waals surface area contributed by atoms with Crippen LogP contribution in [0.3, 0.4) is 0 Å². The van der Waals surface area contributed by atoms with E-state index in [1.807, 2.05) is 39.0 Å². The monoisotopic (exact) mass is 339 g/mol. The third-order valence-electron chi connectivity index (χ3n) is 4.13. The van der Waals surface area contributed by atoms with Gasteiger partial charge in [0.25, 0.3) is 0 Å². The Kier molecular flexibility index (Phi) is 5.81. The van der Waals surface area contributed by atoms with Crippen LogP contribution in [0.2, 0.25) is 0 Å². The summed E-state index contributed by atoms with van der Waals surface area (Å²) in [6, 6.07) is 5.71. The van der Waals surface area contributed by atoms with Crippen molar-refractivity contribution in [2.24, 2.45) is 5.92 Å². The number of sulfonamides is 1. The third-order valence-corrected chi connectivity index (χ3v) is 6.17. The minimum absolute atomic E-state index is 0.131. The van der Waals surface area contributed by atoms with E-state index in [4.69, 9.17) is 4.74 Å². The van der Waals surface area contributed by atoms with Crippen molar-refractivity contribution in [2.45, 2.75) is 40.0 Å². The minimum atomic E-state index is -3.26. The molecule has 1 aliphatic rings. The van der Waals surface area contributed by atoms with Crippen molar-refractivity contribution in [3.05, 3.63) is 29.3 Å². The van der Waals surface area contributed by atoms with Gasteiger partial charge < -0.3 is 4.74 Å². The molecule has 0 aliphatic carbocycles. The van der Waals surface area contributed by atoms with Gasteiger partial charge in [-0.25, -0.2) is 12.7 Å². The topological polar surface area (TPSA) is 63.7 Å². The summed E-state index contributed by atoms with van der Waals surface area (Å²) in [4.78, 5) is 12.4. The van der Waals surface area contributed by atoms with Gasteiger partial charge in [-0.05, 0) is 50.3 Å². The molecule has 128 valence electrons. The lowest BCUT2D eigenvalue weighted by Crippen LogP contribution is -2.44. The van der Waals surface area contributed by atoms with Crippen LogP contribution in [0.1, 0.15) is 37.3 Å². The van der Waals surface area contributed by atoms with Gasteiger partial charge in [-0.1, -0.05) is 19.1 Å². The summed E-state index contributed by atoms with van der Waals surface area (Å²) in [6.45, 7) is 6.40. The number of hydrogen-bond acceptors (Lipinski definition) is 4. The predicted molar refractivity (Wildman–Crippen MR) is 89.9 cm³/mol. The molecule has 1 fully saturated rings. The van der Waals surface area contributed by atoms with E-state index in [-0.39, 0.29) is 18.3 Å². The maximum Gasteiger partial charge on any atom is 0.315 e. The minimum Gasteiger partial charge on any atom is -0.426 e. The molecule has 0 N–H and O–H groups in total. The number of nitrogens with zero attached hydrogens (tertiary/aromatic N) is 1. The Labute approximate surface area is 138 Å². The molecule has 2 rings (SSSR count). The first-order valence-corrected chi connectivity index (χ1v) is 9.71. The standard InChI is InChI=1S/C17H25NO4S/c1-4-10-23(20,21)18-9-5-6-15(12-18)17(19)22-16-11-13(2)7-8-14(16)3/h7-8,11,15H,4-6,9-10,12H2,1-3H3/t15-/m0/s1. The maximum atomic E-state index is 12.4. The molecule has 0 spiro atoms. The van der Waals surface area contributed by atoms with E-state index < -0.39 is 15.9 Å². The lowest BCUT2D eigenvalue weighted by atomic mass is 10.00. The number of piperidine rings is 1. The van der Waals surface area contributed by atoms with Crippen molar-refractivity contribution < 1.29 is 17.9 Å². The Hall–Kier alpha value is -1.40. The number of rotatable bonds is 5. The van der Waals surface area contributed by atoms with Gasteiger partial charge in [-0.2, -0.15) is 0 Å². The van der Waals surface area contributed by atoms with E-state index in [0.717, 1.165) is 11.1 Å². The quantitative estimate of drug-likeness (QED) is 0.611. The average Bonchev–Trinajstić information content (AvgIpc) is 2.51. The van der Waals surface area contributed by atoms with E-state index in [2.05, 4.69) is 0 Å². The zero-order valence-electron chi connectivity index (χ0n) is 14.0. The Morgan fingerprint density at radius 1 is 1.35 bits per heavy atom. The molecule has 6 heteroatoms. The van der Waals surface area contributed by atoms with E-state index in [9.17, 15) is 13.2 Å². The van der Waals surface area contributed by atoms with Crippen LogP contribution in [0, 0.1) is 19.8 Å². The van der Waals surface area contributed by atoms with Crippen molar-refractivity contribution in [1.29, 1.82) is 0 Å². The molecule has 0 amide bonds. The first-order chi connectivity index (χ1) is 10.8. The number of ether oxygens (including phenoxy) is 1. The van der Waals surface area contributed by atoms with Crippen LogP contribution in [-0.2, 0) is 14.8 Å². The number of aryl methyl sites for hydroxylation is 2. The molecule has 1 saturated heterocycles. The second-order valence-electron chi connectivity index (χ2n) is 6.20. The molecular formula is C17H25NO4S. The van der Waals surface area contributed by atoms with Gasteiger partial charge in [-0.15, -0.1) is 0 Å². The number of hydrogen-bond donors (Lipinski definition) is 0. The largest absolute Gasteiger partial charge is 0.426 e. The molecule has 0 radical (unpaired) electrons. The molecule has 0 saturated carbocycles. The molecule has 1 atom stereocenters. The summed E-state index contributed by atoms with van der Waals surface area (Å²) in [5.74, 6) is -0.0416. The average molecular weight is 339 g/mol. The molecule has 0 aromatic heterocycles. The van der Waals surface area contributed by atoms with E-state index in [1.165, 1.54) is 4.31 Å². The van der Waals surface area contributed by atoms with E-state index in [1.54, 1.807) is 0 Å². The van der Waals surface area contributed by atoms with Crippen LogP contribution in [0.4, 0.5) is 0 Å². The Morgan fingerprint density at radius 3 is 2.78 bits per heavy atom. The normalized spacial score (nSPS) is 19.5. The van der Waals surface area contributed by atoms with Crippen LogP contribution in [-0.4, -0.2) is 37.5 Å². The molecule has 1 heterocycles. The van der Waals surface area contributed by atoms with Crippen LogP contribution in [0.5, 0.6) is 5.75 Å². The number of carbonyl (C=O) groups is 1. The predicted octanol–water partition coefficient (Wildman–Crippen LogP) is 2.66. The molecule has 23 heavy (non-hydrogen) atoms. The van der Waals surface area contributed by atoms with E-state index in [0.29, 0.717) is 31.6 Å². The fraction of sp³-hybridized carbons (Fsp3) is 0.588. The van der Waals surface area contributed by atoms with Crippen molar-refractivity contribution in [2.75, 3.05) is 18.8 Å². The first-order valence-electron chi connectivity index (χ1n) is 8.10. The summed E-state index contributed by atoms with van der Waals surface area (Å²) in [5.41, 5.74) is 1.92. The summed E-state index contributed by atoms with van der Waals surface area (Å²) in [7, 11) is -3.26. The Balaban J connectivity index is 2.06. The van der Waals surface area contributed by atoms with E-state index >= 15 is 0 Å². The molecular weight excluding hydrogens is 314 g/mol. The molecule has 0 unspecified atom stereocenters. The SMILES string of the molecule is CCCS(=O)(=O)N1CCC[C@H](C(=O)Oc2cc(C)ccc2C)C1. The highest BCUT2D eigenvalue weighted by atomic mass is 32.2. The maximum absolute atomic E-state index is 12.4. The van der Waals surface area contributed by atoms with Gasteiger partial charge in [0, 0.05) is 13.1 Å². The molecule has 1 aromatic carbocycles. The Bertz CT molecular complexity index is 669. The van der Waals surface area contributed by atoms with Crippen LogP contribution < -0.4 is 4.74 Å². The van der Waals surface area contributed by atoms with Crippen LogP contribution in [0.25, 0.3) is 0 Å². The van der Waals surface area contributed by atoms with Gasteiger partial charge in [0.1, 0.15) is 5.75 Å². The lowest BCUT2D eigenvalue weighted by Gasteiger charge is -2.30. The summed E-state index contributed by atoms with van der Waals surface area (Å²) < 4.78 is 31.3. The summed E-state index contributed by atoms with van der Waals surface area (Å²) in [6.07, 6.45) is 1.94. The molecule has 0 bridgehead atoms.